The Morgan fingerprint density at radius 3 is 3.00 bits per heavy atom. The number of nitrogens with zero attached hydrogens (tertiary/aromatic N) is 3. The van der Waals surface area contributed by atoms with Crippen LogP contribution in [0.2, 0.25) is 0 Å². The van der Waals surface area contributed by atoms with Crippen LogP contribution in [0.4, 0.5) is 0 Å². The van der Waals surface area contributed by atoms with Crippen molar-refractivity contribution in [2.45, 2.75) is 6.04 Å². The first-order chi connectivity index (χ1) is 6.81. The van der Waals surface area contributed by atoms with Crippen molar-refractivity contribution in [3.8, 4) is 0 Å². The summed E-state index contributed by atoms with van der Waals surface area (Å²) in [6, 6.07) is 3.38. The fourth-order valence-electron chi connectivity index (χ4n) is 1.27. The van der Waals surface area contributed by atoms with E-state index in [2.05, 4.69) is 15.7 Å². The number of nitrogens with one attached hydrogen (secondary N) is 1. The highest BCUT2D eigenvalue weighted by molar-refractivity contribution is 5.16. The lowest BCUT2D eigenvalue weighted by atomic mass is 10.2. The van der Waals surface area contributed by atoms with Gasteiger partial charge in [0.1, 0.15) is 17.5 Å². The number of rotatable bonds is 3. The average Bonchev–Trinajstić information content (AvgIpc) is 2.79. The molecule has 0 aliphatic rings. The molecule has 0 amide bonds. The predicted molar refractivity (Wildman–Crippen MR) is 48.9 cm³/mol. The maximum absolute atomic E-state index is 5.42. The summed E-state index contributed by atoms with van der Waals surface area (Å²) < 4.78 is 6.84. The summed E-state index contributed by atoms with van der Waals surface area (Å²) in [5.74, 6) is 6.13. The SMILES string of the molecule is Cn1cc(C(NN)c2ccco2)nn1. The van der Waals surface area contributed by atoms with Crippen LogP contribution in [0.1, 0.15) is 17.5 Å². The van der Waals surface area contributed by atoms with Gasteiger partial charge in [0.2, 0.25) is 0 Å². The Morgan fingerprint density at radius 1 is 1.64 bits per heavy atom. The quantitative estimate of drug-likeness (QED) is 0.528. The van der Waals surface area contributed by atoms with Gasteiger partial charge in [0.05, 0.1) is 12.5 Å². The third kappa shape index (κ3) is 1.52. The van der Waals surface area contributed by atoms with Gasteiger partial charge < -0.3 is 4.42 Å². The van der Waals surface area contributed by atoms with Gasteiger partial charge in [-0.25, -0.2) is 5.43 Å². The number of aryl methyl sites for hydroxylation is 1. The average molecular weight is 193 g/mol. The lowest BCUT2D eigenvalue weighted by Gasteiger charge is -2.08. The van der Waals surface area contributed by atoms with Crippen molar-refractivity contribution in [2.24, 2.45) is 12.9 Å². The van der Waals surface area contributed by atoms with Gasteiger partial charge in [-0.15, -0.1) is 5.10 Å². The highest BCUT2D eigenvalue weighted by Crippen LogP contribution is 2.18. The first kappa shape index (κ1) is 8.92. The summed E-state index contributed by atoms with van der Waals surface area (Å²) in [6.07, 6.45) is 3.38. The van der Waals surface area contributed by atoms with E-state index in [1.807, 2.05) is 6.07 Å². The Labute approximate surface area is 80.7 Å². The fraction of sp³-hybridized carbons (Fsp3) is 0.250. The van der Waals surface area contributed by atoms with Crippen LogP contribution in [0.15, 0.2) is 29.0 Å². The van der Waals surface area contributed by atoms with Crippen molar-refractivity contribution in [1.82, 2.24) is 20.4 Å². The summed E-state index contributed by atoms with van der Waals surface area (Å²) >= 11 is 0. The third-order valence-electron chi connectivity index (χ3n) is 1.91. The molecule has 3 N–H and O–H groups in total. The Kier molecular flexibility index (Phi) is 2.30. The zero-order valence-electron chi connectivity index (χ0n) is 7.71. The molecule has 0 bridgehead atoms. The fourth-order valence-corrected chi connectivity index (χ4v) is 1.27. The predicted octanol–water partition coefficient (Wildman–Crippen LogP) is -0.0392. The molecule has 2 rings (SSSR count). The number of aromatic nitrogens is 3. The van der Waals surface area contributed by atoms with Gasteiger partial charge in [-0.2, -0.15) is 0 Å². The number of nitrogens with two attached hydrogens (primary N) is 1. The summed E-state index contributed by atoms with van der Waals surface area (Å²) in [7, 11) is 1.80. The molecule has 0 radical (unpaired) electrons. The highest BCUT2D eigenvalue weighted by atomic mass is 16.3. The van der Waals surface area contributed by atoms with Crippen molar-refractivity contribution >= 4 is 0 Å². The van der Waals surface area contributed by atoms with Crippen LogP contribution >= 0.6 is 0 Å². The van der Waals surface area contributed by atoms with E-state index in [1.165, 1.54) is 0 Å². The Bertz CT molecular complexity index is 394. The number of hydrogen-bond donors (Lipinski definition) is 2. The molecular weight excluding hydrogens is 182 g/mol. The van der Waals surface area contributed by atoms with E-state index in [0.29, 0.717) is 5.76 Å². The maximum Gasteiger partial charge on any atom is 0.128 e. The minimum absolute atomic E-state index is 0.251. The molecular formula is C8H11N5O. The maximum atomic E-state index is 5.42. The van der Waals surface area contributed by atoms with Gasteiger partial charge in [0, 0.05) is 7.05 Å². The summed E-state index contributed by atoms with van der Waals surface area (Å²) in [6.45, 7) is 0. The second-order valence-electron chi connectivity index (χ2n) is 2.93. The molecule has 2 aromatic rings. The van der Waals surface area contributed by atoms with Crippen LogP contribution in [0, 0.1) is 0 Å². The van der Waals surface area contributed by atoms with Crippen molar-refractivity contribution in [3.63, 3.8) is 0 Å². The molecule has 74 valence electrons. The van der Waals surface area contributed by atoms with E-state index in [9.17, 15) is 0 Å². The van der Waals surface area contributed by atoms with Crippen LogP contribution in [-0.2, 0) is 7.05 Å². The largest absolute Gasteiger partial charge is 0.467 e. The molecule has 0 spiro atoms. The van der Waals surface area contributed by atoms with Crippen LogP contribution in [0.3, 0.4) is 0 Å². The Morgan fingerprint density at radius 2 is 2.50 bits per heavy atom. The Hall–Kier alpha value is -1.66. The van der Waals surface area contributed by atoms with Crippen molar-refractivity contribution in [2.75, 3.05) is 0 Å². The molecule has 0 saturated carbocycles. The zero-order valence-corrected chi connectivity index (χ0v) is 7.71. The molecule has 0 fully saturated rings. The molecule has 0 saturated heterocycles. The topological polar surface area (TPSA) is 81.9 Å². The second kappa shape index (κ2) is 3.60. The molecule has 14 heavy (non-hydrogen) atoms. The number of hydrazine groups is 1. The minimum atomic E-state index is -0.251. The van der Waals surface area contributed by atoms with Gasteiger partial charge in [-0.3, -0.25) is 10.5 Å². The second-order valence-corrected chi connectivity index (χ2v) is 2.93. The van der Waals surface area contributed by atoms with E-state index >= 15 is 0 Å². The number of hydrogen-bond acceptors (Lipinski definition) is 5. The van der Waals surface area contributed by atoms with E-state index in [4.69, 9.17) is 10.3 Å². The first-order valence-electron chi connectivity index (χ1n) is 4.17. The van der Waals surface area contributed by atoms with Crippen molar-refractivity contribution in [3.05, 3.63) is 36.0 Å². The monoisotopic (exact) mass is 193 g/mol. The summed E-state index contributed by atoms with van der Waals surface area (Å²) in [5.41, 5.74) is 3.35. The molecule has 6 heteroatoms. The third-order valence-corrected chi connectivity index (χ3v) is 1.91. The van der Waals surface area contributed by atoms with Crippen molar-refractivity contribution in [1.29, 1.82) is 0 Å². The van der Waals surface area contributed by atoms with Crippen LogP contribution in [-0.4, -0.2) is 15.0 Å². The lowest BCUT2D eigenvalue weighted by Crippen LogP contribution is -2.28. The molecule has 0 aliphatic heterocycles. The van der Waals surface area contributed by atoms with Gasteiger partial charge in [0.25, 0.3) is 0 Å². The van der Waals surface area contributed by atoms with Gasteiger partial charge >= 0.3 is 0 Å². The standard InChI is InChI=1S/C8H11N5O/c1-13-5-6(11-12-13)8(10-9)7-3-2-4-14-7/h2-5,8,10H,9H2,1H3. The summed E-state index contributed by atoms with van der Waals surface area (Å²) in [4.78, 5) is 0. The van der Waals surface area contributed by atoms with E-state index in [-0.39, 0.29) is 6.04 Å². The van der Waals surface area contributed by atoms with Gasteiger partial charge in [-0.05, 0) is 12.1 Å². The smallest absolute Gasteiger partial charge is 0.128 e. The first-order valence-corrected chi connectivity index (χ1v) is 4.17. The molecule has 0 aliphatic carbocycles. The molecule has 2 heterocycles. The molecule has 2 aromatic heterocycles. The Balaban J connectivity index is 2.31. The summed E-state index contributed by atoms with van der Waals surface area (Å²) in [5, 5.41) is 7.78. The molecule has 1 atom stereocenters. The normalized spacial score (nSPS) is 13.0. The van der Waals surface area contributed by atoms with Crippen molar-refractivity contribution < 1.29 is 4.42 Å². The highest BCUT2D eigenvalue weighted by Gasteiger charge is 2.17. The minimum Gasteiger partial charge on any atom is -0.467 e. The van der Waals surface area contributed by atoms with E-state index in [0.717, 1.165) is 5.69 Å². The molecule has 0 aromatic carbocycles. The van der Waals surface area contributed by atoms with Gasteiger partial charge in [-0.1, -0.05) is 5.21 Å². The zero-order chi connectivity index (χ0) is 9.97. The lowest BCUT2D eigenvalue weighted by molar-refractivity contribution is 0.447. The van der Waals surface area contributed by atoms with Gasteiger partial charge in [0.15, 0.2) is 0 Å². The van der Waals surface area contributed by atoms with Crippen LogP contribution < -0.4 is 11.3 Å². The molecule has 6 nitrogen and oxygen atoms in total. The van der Waals surface area contributed by atoms with E-state index in [1.54, 1.807) is 30.3 Å². The van der Waals surface area contributed by atoms with Crippen LogP contribution in [0.5, 0.6) is 0 Å². The molecule has 1 unspecified atom stereocenters. The number of furan rings is 1. The van der Waals surface area contributed by atoms with E-state index < -0.39 is 0 Å². The van der Waals surface area contributed by atoms with Crippen LogP contribution in [0.25, 0.3) is 0 Å².